The number of carbonyl (C=O) groups is 2. The molecule has 1 atom stereocenters. The molecule has 2 rings (SSSR count). The number of nitrogens with zero attached hydrogens (tertiary/aromatic N) is 1. The van der Waals surface area contributed by atoms with Crippen molar-refractivity contribution in [3.05, 3.63) is 29.8 Å². The first-order chi connectivity index (χ1) is 11.8. The minimum atomic E-state index is -4.46. The first-order valence-corrected chi connectivity index (χ1v) is 8.15. The Labute approximate surface area is 144 Å². The van der Waals surface area contributed by atoms with Gasteiger partial charge in [-0.05, 0) is 44.5 Å². The number of piperidine rings is 1. The standard InChI is InChI=1S/C17H21F3N2O3/c1-2-25-16(24)12-5-4-8-22(10-12)11-15(23)21-14-7-3-6-13(9-14)17(18,19)20/h3,6-7,9,12H,2,4-5,8,10-11H2,1H3,(H,21,23)/t12-/m1/s1. The summed E-state index contributed by atoms with van der Waals surface area (Å²) in [5.74, 6) is -0.954. The van der Waals surface area contributed by atoms with E-state index in [0.29, 0.717) is 26.1 Å². The number of anilines is 1. The Morgan fingerprint density at radius 1 is 1.36 bits per heavy atom. The maximum atomic E-state index is 12.7. The third-order valence-corrected chi connectivity index (χ3v) is 3.97. The molecule has 1 aromatic rings. The van der Waals surface area contributed by atoms with E-state index in [9.17, 15) is 22.8 Å². The van der Waals surface area contributed by atoms with E-state index in [4.69, 9.17) is 4.74 Å². The van der Waals surface area contributed by atoms with Crippen LogP contribution in [0.25, 0.3) is 0 Å². The van der Waals surface area contributed by atoms with Crippen LogP contribution in [0.1, 0.15) is 25.3 Å². The fourth-order valence-corrected chi connectivity index (χ4v) is 2.83. The number of esters is 1. The number of hydrogen-bond acceptors (Lipinski definition) is 4. The summed E-state index contributed by atoms with van der Waals surface area (Å²) in [7, 11) is 0. The molecule has 5 nitrogen and oxygen atoms in total. The predicted molar refractivity (Wildman–Crippen MR) is 85.9 cm³/mol. The largest absolute Gasteiger partial charge is 0.466 e. The molecule has 1 aliphatic rings. The molecule has 1 fully saturated rings. The molecule has 0 radical (unpaired) electrons. The lowest BCUT2D eigenvalue weighted by atomic mass is 9.98. The average molecular weight is 358 g/mol. The van der Waals surface area contributed by atoms with Gasteiger partial charge in [0.1, 0.15) is 0 Å². The van der Waals surface area contributed by atoms with Gasteiger partial charge >= 0.3 is 12.1 Å². The van der Waals surface area contributed by atoms with E-state index < -0.39 is 17.6 Å². The summed E-state index contributed by atoms with van der Waals surface area (Å²) in [6.45, 7) is 3.14. The lowest BCUT2D eigenvalue weighted by Crippen LogP contribution is -2.43. The second-order valence-corrected chi connectivity index (χ2v) is 5.95. The summed E-state index contributed by atoms with van der Waals surface area (Å²) in [5.41, 5.74) is -0.718. The van der Waals surface area contributed by atoms with Crippen LogP contribution in [-0.4, -0.2) is 43.0 Å². The van der Waals surface area contributed by atoms with Gasteiger partial charge in [0.2, 0.25) is 5.91 Å². The zero-order valence-electron chi connectivity index (χ0n) is 13.9. The fourth-order valence-electron chi connectivity index (χ4n) is 2.83. The van der Waals surface area contributed by atoms with E-state index in [1.807, 2.05) is 4.90 Å². The zero-order chi connectivity index (χ0) is 18.4. The quantitative estimate of drug-likeness (QED) is 0.823. The summed E-state index contributed by atoms with van der Waals surface area (Å²) in [6.07, 6.45) is -2.98. The number of nitrogens with one attached hydrogen (secondary N) is 1. The second kappa shape index (κ2) is 8.33. The van der Waals surface area contributed by atoms with Gasteiger partial charge in [0.05, 0.1) is 24.6 Å². The first kappa shape index (κ1) is 19.2. The summed E-state index contributed by atoms with van der Waals surface area (Å²) in [6, 6.07) is 4.50. The van der Waals surface area contributed by atoms with E-state index in [0.717, 1.165) is 18.6 Å². The van der Waals surface area contributed by atoms with Crippen molar-refractivity contribution in [3.63, 3.8) is 0 Å². The highest BCUT2D eigenvalue weighted by molar-refractivity contribution is 5.92. The first-order valence-electron chi connectivity index (χ1n) is 8.15. The van der Waals surface area contributed by atoms with Crippen LogP contribution in [0.3, 0.4) is 0 Å². The van der Waals surface area contributed by atoms with E-state index >= 15 is 0 Å². The van der Waals surface area contributed by atoms with Crippen molar-refractivity contribution in [2.45, 2.75) is 25.9 Å². The fraction of sp³-hybridized carbons (Fsp3) is 0.529. The average Bonchev–Trinajstić information content (AvgIpc) is 2.54. The van der Waals surface area contributed by atoms with Gasteiger partial charge in [0.25, 0.3) is 0 Å². The van der Waals surface area contributed by atoms with Gasteiger partial charge in [0, 0.05) is 12.2 Å². The highest BCUT2D eigenvalue weighted by Gasteiger charge is 2.31. The molecule has 0 saturated carbocycles. The van der Waals surface area contributed by atoms with Gasteiger partial charge in [-0.25, -0.2) is 0 Å². The lowest BCUT2D eigenvalue weighted by Gasteiger charge is -2.30. The third kappa shape index (κ3) is 5.74. The van der Waals surface area contributed by atoms with Gasteiger partial charge < -0.3 is 10.1 Å². The molecule has 138 valence electrons. The molecular weight excluding hydrogens is 337 g/mol. The van der Waals surface area contributed by atoms with E-state index in [2.05, 4.69) is 5.32 Å². The summed E-state index contributed by atoms with van der Waals surface area (Å²) >= 11 is 0. The number of alkyl halides is 3. The number of ether oxygens (including phenoxy) is 1. The number of likely N-dealkylation sites (tertiary alicyclic amines) is 1. The third-order valence-electron chi connectivity index (χ3n) is 3.97. The Morgan fingerprint density at radius 3 is 2.80 bits per heavy atom. The van der Waals surface area contributed by atoms with Crippen LogP contribution in [0.2, 0.25) is 0 Å². The smallest absolute Gasteiger partial charge is 0.416 e. The maximum absolute atomic E-state index is 12.7. The van der Waals surface area contributed by atoms with Crippen molar-refractivity contribution in [1.29, 1.82) is 0 Å². The van der Waals surface area contributed by atoms with Crippen molar-refractivity contribution < 1.29 is 27.5 Å². The normalized spacial score (nSPS) is 18.6. The van der Waals surface area contributed by atoms with Crippen LogP contribution < -0.4 is 5.32 Å². The Morgan fingerprint density at radius 2 is 2.12 bits per heavy atom. The van der Waals surface area contributed by atoms with Crippen LogP contribution in [-0.2, 0) is 20.5 Å². The highest BCUT2D eigenvalue weighted by Crippen LogP contribution is 2.30. The SMILES string of the molecule is CCOC(=O)[C@@H]1CCCN(CC(=O)Nc2cccc(C(F)(F)F)c2)C1. The minimum Gasteiger partial charge on any atom is -0.466 e. The van der Waals surface area contributed by atoms with Crippen LogP contribution in [0.4, 0.5) is 18.9 Å². The Bertz CT molecular complexity index is 619. The molecule has 1 aliphatic heterocycles. The highest BCUT2D eigenvalue weighted by atomic mass is 19.4. The van der Waals surface area contributed by atoms with Crippen LogP contribution in [0.5, 0.6) is 0 Å². The van der Waals surface area contributed by atoms with E-state index in [1.165, 1.54) is 12.1 Å². The molecule has 0 bridgehead atoms. The number of hydrogen-bond donors (Lipinski definition) is 1. The molecule has 0 aliphatic carbocycles. The van der Waals surface area contributed by atoms with Gasteiger partial charge in [-0.1, -0.05) is 6.07 Å². The van der Waals surface area contributed by atoms with Gasteiger partial charge in [-0.15, -0.1) is 0 Å². The summed E-state index contributed by atoms with van der Waals surface area (Å²) in [5, 5.41) is 2.47. The Balaban J connectivity index is 1.91. The molecule has 0 aromatic heterocycles. The molecule has 1 saturated heterocycles. The summed E-state index contributed by atoms with van der Waals surface area (Å²) in [4.78, 5) is 25.7. The van der Waals surface area contributed by atoms with Crippen molar-refractivity contribution in [2.24, 2.45) is 5.92 Å². The number of rotatable bonds is 5. The van der Waals surface area contributed by atoms with Crippen molar-refractivity contribution >= 4 is 17.6 Å². The molecule has 1 N–H and O–H groups in total. The molecule has 0 unspecified atom stereocenters. The molecule has 1 heterocycles. The van der Waals surface area contributed by atoms with Gasteiger partial charge in [-0.2, -0.15) is 13.2 Å². The van der Waals surface area contributed by atoms with Crippen molar-refractivity contribution in [1.82, 2.24) is 4.90 Å². The monoisotopic (exact) mass is 358 g/mol. The molecule has 8 heteroatoms. The zero-order valence-corrected chi connectivity index (χ0v) is 13.9. The molecule has 1 amide bonds. The molecule has 1 aromatic carbocycles. The van der Waals surface area contributed by atoms with Crippen LogP contribution in [0, 0.1) is 5.92 Å². The van der Waals surface area contributed by atoms with Gasteiger partial charge in [-0.3, -0.25) is 14.5 Å². The number of carbonyl (C=O) groups excluding carboxylic acids is 2. The maximum Gasteiger partial charge on any atom is 0.416 e. The van der Waals surface area contributed by atoms with Crippen LogP contribution in [0.15, 0.2) is 24.3 Å². The molecule has 0 spiro atoms. The van der Waals surface area contributed by atoms with Gasteiger partial charge in [0.15, 0.2) is 0 Å². The number of amides is 1. The number of halogens is 3. The van der Waals surface area contributed by atoms with E-state index in [-0.39, 0.29) is 24.1 Å². The van der Waals surface area contributed by atoms with E-state index in [1.54, 1.807) is 6.92 Å². The van der Waals surface area contributed by atoms with Crippen molar-refractivity contribution in [3.8, 4) is 0 Å². The molecular formula is C17H21F3N2O3. The second-order valence-electron chi connectivity index (χ2n) is 5.95. The van der Waals surface area contributed by atoms with Crippen molar-refractivity contribution in [2.75, 3.05) is 31.6 Å². The number of benzene rings is 1. The summed E-state index contributed by atoms with van der Waals surface area (Å²) < 4.78 is 43.1. The Hall–Kier alpha value is -2.09. The Kier molecular flexibility index (Phi) is 6.41. The lowest BCUT2D eigenvalue weighted by molar-refractivity contribution is -0.150. The molecule has 25 heavy (non-hydrogen) atoms. The van der Waals surface area contributed by atoms with Crippen LogP contribution >= 0.6 is 0 Å². The predicted octanol–water partition coefficient (Wildman–Crippen LogP) is 2.92. The topological polar surface area (TPSA) is 58.6 Å². The minimum absolute atomic E-state index is 0.0200.